The molecule has 27 heavy (non-hydrogen) atoms. The van der Waals surface area contributed by atoms with Crippen LogP contribution in [-0.4, -0.2) is 61.0 Å². The van der Waals surface area contributed by atoms with Gasteiger partial charge in [-0.3, -0.25) is 0 Å². The first kappa shape index (κ1) is 18.2. The van der Waals surface area contributed by atoms with Crippen LogP contribution in [0, 0.1) is 5.92 Å². The fourth-order valence-corrected chi connectivity index (χ4v) is 4.13. The molecule has 4 heterocycles. The van der Waals surface area contributed by atoms with Crippen LogP contribution in [0.5, 0.6) is 0 Å². The summed E-state index contributed by atoms with van der Waals surface area (Å²) < 4.78 is 27.3. The predicted molar refractivity (Wildman–Crippen MR) is 90.0 cm³/mol. The van der Waals surface area contributed by atoms with E-state index in [1.807, 2.05) is 0 Å². The molecule has 5 aliphatic rings. The summed E-state index contributed by atoms with van der Waals surface area (Å²) in [4.78, 5) is 24.5. The van der Waals surface area contributed by atoms with Crippen molar-refractivity contribution >= 4 is 11.9 Å². The second kappa shape index (κ2) is 6.47. The highest BCUT2D eigenvalue weighted by molar-refractivity contribution is 5.91. The van der Waals surface area contributed by atoms with E-state index in [1.54, 1.807) is 6.08 Å². The topological polar surface area (TPSA) is 104 Å². The highest BCUT2D eigenvalue weighted by atomic mass is 16.7. The smallest absolute Gasteiger partial charge is 0.373 e. The lowest BCUT2D eigenvalue weighted by Gasteiger charge is -2.33. The van der Waals surface area contributed by atoms with Crippen LogP contribution in [0.15, 0.2) is 36.1 Å². The average Bonchev–Trinajstić information content (AvgIpc) is 3.26. The zero-order valence-corrected chi connectivity index (χ0v) is 15.0. The number of ether oxygens (including phenoxy) is 5. The van der Waals surface area contributed by atoms with E-state index < -0.39 is 42.0 Å². The molecule has 4 aliphatic heterocycles. The molecule has 8 nitrogen and oxygen atoms in total. The van der Waals surface area contributed by atoms with Crippen molar-refractivity contribution < 1.29 is 38.4 Å². The van der Waals surface area contributed by atoms with Crippen LogP contribution >= 0.6 is 0 Å². The number of aliphatic hydroxyl groups excluding tert-OH is 1. The van der Waals surface area contributed by atoms with E-state index in [-0.39, 0.29) is 30.5 Å². The molecule has 0 amide bonds. The zero-order chi connectivity index (χ0) is 19.3. The molecule has 8 heteroatoms. The summed E-state index contributed by atoms with van der Waals surface area (Å²) in [5.74, 6) is -2.04. The Morgan fingerprint density at radius 2 is 2.22 bits per heavy atom. The van der Waals surface area contributed by atoms with Gasteiger partial charge in [-0.1, -0.05) is 6.58 Å². The summed E-state index contributed by atoms with van der Waals surface area (Å²) in [6.45, 7) is 7.56. The Balaban J connectivity index is 1.74. The first-order valence-electron chi connectivity index (χ1n) is 8.86. The van der Waals surface area contributed by atoms with Crippen molar-refractivity contribution in [2.24, 2.45) is 5.92 Å². The molecule has 3 saturated heterocycles. The normalized spacial score (nSPS) is 42.0. The molecule has 0 aromatic carbocycles. The first-order valence-corrected chi connectivity index (χ1v) is 8.86. The molecule has 1 aliphatic carbocycles. The number of fused-ring (bicyclic) bond motifs is 4. The van der Waals surface area contributed by atoms with Crippen LogP contribution in [-0.2, 0) is 33.3 Å². The standard InChI is InChI=1S/C19H22O8/c1-9-15-12(25-16(9)20)6-11-4-5-14-19(27-14,18(22)24-8-11)7-13(15)26-17(21)10(2)23-3/h6,12-15,18,22H,1-2,4-5,7-8H2,3H3/b11-6-/t12-,13+,14-,15+,18-,19-/m1/s1. The molecule has 3 fully saturated rings. The summed E-state index contributed by atoms with van der Waals surface area (Å²) in [6, 6.07) is 0. The van der Waals surface area contributed by atoms with Crippen LogP contribution in [0.2, 0.25) is 0 Å². The summed E-state index contributed by atoms with van der Waals surface area (Å²) in [7, 11) is 1.31. The number of carbonyl (C=O) groups is 2. The lowest BCUT2D eigenvalue weighted by Crippen LogP contribution is -2.45. The van der Waals surface area contributed by atoms with Crippen LogP contribution in [0.25, 0.3) is 0 Å². The quantitative estimate of drug-likeness (QED) is 0.252. The van der Waals surface area contributed by atoms with E-state index in [9.17, 15) is 14.7 Å². The Morgan fingerprint density at radius 3 is 2.96 bits per heavy atom. The van der Waals surface area contributed by atoms with Crippen molar-refractivity contribution in [2.75, 3.05) is 13.7 Å². The number of aliphatic hydroxyl groups is 1. The molecule has 2 bridgehead atoms. The summed E-state index contributed by atoms with van der Waals surface area (Å²) in [5.41, 5.74) is 0.128. The Hall–Kier alpha value is -2.16. The Morgan fingerprint density at radius 1 is 1.44 bits per heavy atom. The third-order valence-electron chi connectivity index (χ3n) is 5.74. The average molecular weight is 378 g/mol. The zero-order valence-electron chi connectivity index (χ0n) is 15.0. The predicted octanol–water partition coefficient (Wildman–Crippen LogP) is 0.753. The van der Waals surface area contributed by atoms with Gasteiger partial charge in [-0.2, -0.15) is 0 Å². The largest absolute Gasteiger partial charge is 0.490 e. The van der Waals surface area contributed by atoms with Crippen LogP contribution in [0.3, 0.4) is 0 Å². The summed E-state index contributed by atoms with van der Waals surface area (Å²) in [5, 5.41) is 10.5. The van der Waals surface area contributed by atoms with Crippen molar-refractivity contribution in [2.45, 2.75) is 49.5 Å². The van der Waals surface area contributed by atoms with E-state index in [0.717, 1.165) is 5.57 Å². The van der Waals surface area contributed by atoms with Crippen molar-refractivity contribution in [3.63, 3.8) is 0 Å². The van der Waals surface area contributed by atoms with Gasteiger partial charge < -0.3 is 28.8 Å². The number of methoxy groups -OCH3 is 1. The van der Waals surface area contributed by atoms with Gasteiger partial charge in [0.2, 0.25) is 0 Å². The summed E-state index contributed by atoms with van der Waals surface area (Å²) >= 11 is 0. The molecule has 1 spiro atoms. The van der Waals surface area contributed by atoms with Gasteiger partial charge >= 0.3 is 11.9 Å². The molecule has 0 aromatic rings. The molecule has 146 valence electrons. The van der Waals surface area contributed by atoms with Gasteiger partial charge in [0.15, 0.2) is 12.0 Å². The number of epoxide rings is 1. The van der Waals surface area contributed by atoms with Crippen LogP contribution in [0.1, 0.15) is 19.3 Å². The minimum Gasteiger partial charge on any atom is -0.490 e. The molecule has 0 saturated carbocycles. The molecular formula is C19H22O8. The lowest BCUT2D eigenvalue weighted by atomic mass is 9.81. The fourth-order valence-electron chi connectivity index (χ4n) is 4.13. The van der Waals surface area contributed by atoms with E-state index in [2.05, 4.69) is 13.2 Å². The maximum atomic E-state index is 12.3. The summed E-state index contributed by atoms with van der Waals surface area (Å²) in [6.07, 6.45) is 0.514. The number of hydrogen-bond acceptors (Lipinski definition) is 8. The van der Waals surface area contributed by atoms with Crippen molar-refractivity contribution in [1.82, 2.24) is 0 Å². The van der Waals surface area contributed by atoms with Gasteiger partial charge in [0.1, 0.15) is 17.8 Å². The second-order valence-electron chi connectivity index (χ2n) is 7.28. The maximum Gasteiger partial charge on any atom is 0.373 e. The Labute approximate surface area is 156 Å². The van der Waals surface area contributed by atoms with Gasteiger partial charge in [-0.05, 0) is 31.1 Å². The first-order chi connectivity index (χ1) is 12.9. The molecule has 0 aromatic heterocycles. The molecule has 0 radical (unpaired) electrons. The van der Waals surface area contributed by atoms with E-state index in [0.29, 0.717) is 12.8 Å². The molecule has 1 N–H and O–H groups in total. The monoisotopic (exact) mass is 378 g/mol. The molecular weight excluding hydrogens is 356 g/mol. The number of esters is 2. The van der Waals surface area contributed by atoms with Crippen LogP contribution in [0.4, 0.5) is 0 Å². The van der Waals surface area contributed by atoms with E-state index >= 15 is 0 Å². The van der Waals surface area contributed by atoms with Crippen molar-refractivity contribution in [3.05, 3.63) is 36.1 Å². The third-order valence-corrected chi connectivity index (χ3v) is 5.74. The van der Waals surface area contributed by atoms with Gasteiger partial charge in [-0.15, -0.1) is 0 Å². The second-order valence-corrected chi connectivity index (χ2v) is 7.28. The van der Waals surface area contributed by atoms with Crippen molar-refractivity contribution in [1.29, 1.82) is 0 Å². The van der Waals surface area contributed by atoms with Gasteiger partial charge in [0.05, 0.1) is 25.7 Å². The molecule has 6 atom stereocenters. The highest BCUT2D eigenvalue weighted by Crippen LogP contribution is 2.51. The maximum absolute atomic E-state index is 12.3. The van der Waals surface area contributed by atoms with Gasteiger partial charge in [0, 0.05) is 12.0 Å². The minimum atomic E-state index is -1.17. The molecule has 0 unspecified atom stereocenters. The Kier molecular flexibility index (Phi) is 4.37. The third kappa shape index (κ3) is 2.97. The number of rotatable bonds is 3. The Bertz CT molecular complexity index is 740. The number of hydrogen-bond donors (Lipinski definition) is 1. The van der Waals surface area contributed by atoms with Gasteiger partial charge in [0.25, 0.3) is 0 Å². The lowest BCUT2D eigenvalue weighted by molar-refractivity contribution is -0.165. The van der Waals surface area contributed by atoms with E-state index in [4.69, 9.17) is 23.7 Å². The highest BCUT2D eigenvalue weighted by Gasteiger charge is 2.65. The fraction of sp³-hybridized carbons (Fsp3) is 0.579. The minimum absolute atomic E-state index is 0.140. The molecule has 5 rings (SSSR count). The van der Waals surface area contributed by atoms with Crippen molar-refractivity contribution in [3.8, 4) is 0 Å². The van der Waals surface area contributed by atoms with Gasteiger partial charge in [-0.25, -0.2) is 9.59 Å². The van der Waals surface area contributed by atoms with E-state index in [1.165, 1.54) is 7.11 Å². The number of carbonyl (C=O) groups excluding carboxylic acids is 2. The SMILES string of the molecule is C=C(OC)C(=O)O[C@H]1C[C@@]23O[C@@H]2CC/C(=C/[C@H]2OC(=O)C(=C)[C@H]12)CO[C@H]3O. The van der Waals surface area contributed by atoms with Crippen LogP contribution < -0.4 is 0 Å².